The van der Waals surface area contributed by atoms with Gasteiger partial charge in [0.1, 0.15) is 0 Å². The summed E-state index contributed by atoms with van der Waals surface area (Å²) in [5.74, 6) is -1.37. The highest BCUT2D eigenvalue weighted by atomic mass is 19.4. The van der Waals surface area contributed by atoms with Gasteiger partial charge in [0.15, 0.2) is 0 Å². The van der Waals surface area contributed by atoms with Gasteiger partial charge in [-0.15, -0.1) is 0 Å². The molecule has 0 unspecified atom stereocenters. The maximum atomic E-state index is 13.6. The highest BCUT2D eigenvalue weighted by molar-refractivity contribution is 5.80. The highest BCUT2D eigenvalue weighted by Crippen LogP contribution is 2.37. The number of rotatable bonds is 8. The lowest BCUT2D eigenvalue weighted by Crippen LogP contribution is -2.45. The number of benzene rings is 1. The third-order valence-electron chi connectivity index (χ3n) is 7.33. The van der Waals surface area contributed by atoms with Gasteiger partial charge in [0.05, 0.1) is 23.4 Å². The molecule has 0 aliphatic carbocycles. The van der Waals surface area contributed by atoms with E-state index in [4.69, 9.17) is 4.74 Å². The third kappa shape index (κ3) is 7.22. The molecular formula is C28H30F6N6O4. The Morgan fingerprint density at radius 3 is 2.07 bits per heavy atom. The van der Waals surface area contributed by atoms with Gasteiger partial charge in [0, 0.05) is 55.9 Å². The van der Waals surface area contributed by atoms with E-state index in [9.17, 15) is 41.0 Å². The second kappa shape index (κ2) is 12.0. The minimum Gasteiger partial charge on any atom is -0.478 e. The predicted octanol–water partition coefficient (Wildman–Crippen LogP) is 5.77. The molecule has 1 fully saturated rings. The van der Waals surface area contributed by atoms with E-state index in [1.807, 2.05) is 0 Å². The molecule has 0 spiro atoms. The Morgan fingerprint density at radius 2 is 1.59 bits per heavy atom. The molecule has 3 heterocycles. The summed E-state index contributed by atoms with van der Waals surface area (Å²) in [5, 5.41) is 13.5. The zero-order valence-electron chi connectivity index (χ0n) is 24.1. The lowest BCUT2D eigenvalue weighted by atomic mass is 10.0. The number of aliphatic carboxylic acids is 1. The van der Waals surface area contributed by atoms with Crippen LogP contribution in [0.2, 0.25) is 0 Å². The largest absolute Gasteiger partial charge is 0.478 e. The molecule has 10 nitrogen and oxygen atoms in total. The first kappa shape index (κ1) is 32.5. The highest BCUT2D eigenvalue weighted by Gasteiger charge is 2.43. The number of carbonyl (C=O) groups is 2. The maximum Gasteiger partial charge on any atom is 0.416 e. The summed E-state index contributed by atoms with van der Waals surface area (Å²) in [6.45, 7) is 3.66. The van der Waals surface area contributed by atoms with Crippen LogP contribution >= 0.6 is 0 Å². The van der Waals surface area contributed by atoms with Crippen LogP contribution in [0.5, 0.6) is 0 Å². The Kier molecular flexibility index (Phi) is 8.85. The summed E-state index contributed by atoms with van der Waals surface area (Å²) in [6.07, 6.45) is -4.17. The van der Waals surface area contributed by atoms with Crippen LogP contribution < -0.4 is 4.90 Å². The molecule has 0 radical (unpaired) electrons. The number of halogens is 6. The van der Waals surface area contributed by atoms with Crippen LogP contribution in [0, 0.1) is 0 Å². The molecule has 1 saturated heterocycles. The van der Waals surface area contributed by atoms with Crippen LogP contribution in [-0.4, -0.2) is 66.0 Å². The van der Waals surface area contributed by atoms with Crippen molar-refractivity contribution in [2.45, 2.75) is 70.2 Å². The van der Waals surface area contributed by atoms with Crippen molar-refractivity contribution in [3.8, 4) is 11.1 Å². The van der Waals surface area contributed by atoms with Crippen LogP contribution in [0.1, 0.15) is 50.3 Å². The number of hydrogen-bond donors (Lipinski definition) is 1. The first-order valence-corrected chi connectivity index (χ1v) is 13.5. The molecule has 16 heteroatoms. The van der Waals surface area contributed by atoms with Gasteiger partial charge in [-0.05, 0) is 50.5 Å². The average Bonchev–Trinajstić information content (AvgIpc) is 3.57. The van der Waals surface area contributed by atoms with E-state index in [1.165, 1.54) is 36.0 Å². The van der Waals surface area contributed by atoms with Crippen molar-refractivity contribution < 1.29 is 45.8 Å². The smallest absolute Gasteiger partial charge is 0.416 e. The molecule has 1 aromatic carbocycles. The Labute approximate surface area is 248 Å². The van der Waals surface area contributed by atoms with Crippen LogP contribution in [0.4, 0.5) is 37.1 Å². The molecular weight excluding hydrogens is 598 g/mol. The zero-order chi connectivity index (χ0) is 32.6. The minimum atomic E-state index is -5.04. The second-order valence-electron chi connectivity index (χ2n) is 11.0. The van der Waals surface area contributed by atoms with E-state index >= 15 is 0 Å². The third-order valence-corrected chi connectivity index (χ3v) is 7.33. The molecule has 1 N–H and O–H groups in total. The van der Waals surface area contributed by atoms with Crippen molar-refractivity contribution in [1.29, 1.82) is 0 Å². The number of anilines is 1. The molecule has 0 bridgehead atoms. The van der Waals surface area contributed by atoms with Crippen LogP contribution in [-0.2, 0) is 35.5 Å². The van der Waals surface area contributed by atoms with Crippen molar-refractivity contribution in [1.82, 2.24) is 24.6 Å². The van der Waals surface area contributed by atoms with Crippen molar-refractivity contribution >= 4 is 18.0 Å². The fourth-order valence-electron chi connectivity index (χ4n) is 4.91. The lowest BCUT2D eigenvalue weighted by molar-refractivity contribution is -0.156. The van der Waals surface area contributed by atoms with Gasteiger partial charge in [-0.1, -0.05) is 6.92 Å². The van der Waals surface area contributed by atoms with E-state index in [-0.39, 0.29) is 30.5 Å². The van der Waals surface area contributed by atoms with Crippen molar-refractivity contribution in [3.05, 3.63) is 59.7 Å². The van der Waals surface area contributed by atoms with Gasteiger partial charge in [0.2, 0.25) is 11.5 Å². The van der Waals surface area contributed by atoms with Gasteiger partial charge < -0.3 is 19.6 Å². The first-order valence-electron chi connectivity index (χ1n) is 13.5. The van der Waals surface area contributed by atoms with Gasteiger partial charge in [0.25, 0.3) is 0 Å². The molecule has 1 amide bonds. The number of nitrogens with zero attached hydrogens (tertiary/aromatic N) is 6. The first-order chi connectivity index (χ1) is 20.4. The Hall–Kier alpha value is -4.37. The summed E-state index contributed by atoms with van der Waals surface area (Å²) in [4.78, 5) is 36.1. The van der Waals surface area contributed by atoms with Gasteiger partial charge >= 0.3 is 24.4 Å². The van der Waals surface area contributed by atoms with Crippen LogP contribution in [0.15, 0.2) is 43.0 Å². The molecule has 2 atom stereocenters. The van der Waals surface area contributed by atoms with Crippen molar-refractivity contribution in [3.63, 3.8) is 0 Å². The number of hydrogen-bond acceptors (Lipinski definition) is 7. The van der Waals surface area contributed by atoms with E-state index in [0.29, 0.717) is 29.7 Å². The summed E-state index contributed by atoms with van der Waals surface area (Å²) in [7, 11) is 1.71. The van der Waals surface area contributed by atoms with E-state index in [1.54, 1.807) is 31.0 Å². The summed E-state index contributed by atoms with van der Waals surface area (Å²) in [5.41, 5.74) is -3.82. The Balaban J connectivity index is 1.73. The fraction of sp³-hybridized carbons (Fsp3) is 0.464. The number of ether oxygens (including phenoxy) is 1. The standard InChI is InChI=1S/C28H30F6N6O4/c1-5-21-9-22(15-40(21)25(43)44-26(2,3)23(41)42)39(24-35-10-17(11-36-24)18-12-37-38(4)14-18)13-16-6-19(27(29,30)31)8-20(7-16)28(32,33)34/h6-8,10-12,14,21-22H,5,9,13,15H2,1-4H3,(H,41,42)/t21-,22+/m1/s1. The van der Waals surface area contributed by atoms with Crippen molar-refractivity contribution in [2.24, 2.45) is 7.05 Å². The number of likely N-dealkylation sites (tertiary alicyclic amines) is 1. The molecule has 3 aromatic rings. The Bertz CT molecular complexity index is 1470. The number of carboxylic acid groups (broad SMARTS) is 1. The number of carbonyl (C=O) groups excluding carboxylic acids is 1. The minimum absolute atomic E-state index is 0.00421. The van der Waals surface area contributed by atoms with Crippen LogP contribution in [0.25, 0.3) is 11.1 Å². The fourth-order valence-corrected chi connectivity index (χ4v) is 4.91. The normalized spacial score (nSPS) is 17.5. The molecule has 238 valence electrons. The molecule has 1 aliphatic heterocycles. The molecule has 0 saturated carbocycles. The van der Waals surface area contributed by atoms with Crippen LogP contribution in [0.3, 0.4) is 0 Å². The summed E-state index contributed by atoms with van der Waals surface area (Å²) >= 11 is 0. The quantitative estimate of drug-likeness (QED) is 0.313. The number of alkyl halides is 6. The second-order valence-corrected chi connectivity index (χ2v) is 11.0. The van der Waals surface area contributed by atoms with Gasteiger partial charge in [-0.3, -0.25) is 4.68 Å². The summed E-state index contributed by atoms with van der Waals surface area (Å²) in [6, 6.07) is 0.187. The number of amides is 1. The van der Waals surface area contributed by atoms with Gasteiger partial charge in [-0.25, -0.2) is 19.6 Å². The zero-order valence-corrected chi connectivity index (χ0v) is 24.1. The van der Waals surface area contributed by atoms with Crippen molar-refractivity contribution in [2.75, 3.05) is 11.4 Å². The summed E-state index contributed by atoms with van der Waals surface area (Å²) < 4.78 is 88.5. The maximum absolute atomic E-state index is 13.6. The molecule has 2 aromatic heterocycles. The number of carboxylic acids is 1. The molecule has 4 rings (SSSR count). The number of aryl methyl sites for hydroxylation is 1. The predicted molar refractivity (Wildman–Crippen MR) is 144 cm³/mol. The topological polar surface area (TPSA) is 114 Å². The van der Waals surface area contributed by atoms with Gasteiger partial charge in [-0.2, -0.15) is 31.4 Å². The molecule has 1 aliphatic rings. The molecule has 44 heavy (non-hydrogen) atoms. The van der Waals surface area contributed by atoms with E-state index in [0.717, 1.165) is 0 Å². The Morgan fingerprint density at radius 1 is 1.00 bits per heavy atom. The average molecular weight is 629 g/mol. The SMILES string of the molecule is CC[C@@H]1C[C@H](N(Cc2cc(C(F)(F)F)cc(C(F)(F)F)c2)c2ncc(-c3cnn(C)c3)cn2)CN1C(=O)OC(C)(C)C(=O)O. The number of aromatic nitrogens is 4. The lowest BCUT2D eigenvalue weighted by Gasteiger charge is -2.30. The monoisotopic (exact) mass is 628 g/mol. The van der Waals surface area contributed by atoms with E-state index < -0.39 is 59.8 Å². The van der Waals surface area contributed by atoms with E-state index in [2.05, 4.69) is 15.1 Å².